The normalized spacial score (nSPS) is 11.3. The van der Waals surface area contributed by atoms with Crippen LogP contribution in [0.3, 0.4) is 0 Å². The lowest BCUT2D eigenvalue weighted by atomic mass is 10.1. The Balaban J connectivity index is 1.79. The third-order valence-corrected chi connectivity index (χ3v) is 6.81. The number of aromatic nitrogens is 1. The summed E-state index contributed by atoms with van der Waals surface area (Å²) in [6.07, 6.45) is 0. The molecule has 0 aliphatic carbocycles. The summed E-state index contributed by atoms with van der Waals surface area (Å²) in [5.41, 5.74) is -0.537. The molecule has 0 spiro atoms. The zero-order chi connectivity index (χ0) is 23.1. The first kappa shape index (κ1) is 21.5. The van der Waals surface area contributed by atoms with E-state index in [0.29, 0.717) is 21.4 Å². The highest BCUT2D eigenvalue weighted by molar-refractivity contribution is 9.10. The maximum absolute atomic E-state index is 14.4. The highest BCUT2D eigenvalue weighted by Crippen LogP contribution is 2.37. The molecule has 0 saturated carbocycles. The largest absolute Gasteiger partial charge is 0.505 e. The molecule has 0 radical (unpaired) electrons. The van der Waals surface area contributed by atoms with Crippen LogP contribution in [0, 0.1) is 5.82 Å². The second kappa shape index (κ2) is 8.53. The number of pyridine rings is 1. The molecule has 0 aliphatic rings. The number of rotatable bonds is 4. The number of aromatic hydroxyl groups is 1. The zero-order valence-electron chi connectivity index (χ0n) is 16.9. The zero-order valence-corrected chi connectivity index (χ0v) is 19.3. The van der Waals surface area contributed by atoms with E-state index in [0.717, 1.165) is 16.2 Å². The minimum Gasteiger partial charge on any atom is -0.505 e. The number of halogens is 2. The van der Waals surface area contributed by atoms with E-state index in [1.807, 2.05) is 6.07 Å². The molecule has 0 bridgehead atoms. The molecule has 5 nitrogen and oxygen atoms in total. The molecule has 0 atom stereocenters. The van der Waals surface area contributed by atoms with Crippen LogP contribution in [0.5, 0.6) is 5.75 Å². The predicted molar refractivity (Wildman–Crippen MR) is 130 cm³/mol. The number of hydrogen-bond acceptors (Lipinski definition) is 5. The Morgan fingerprint density at radius 1 is 1.00 bits per heavy atom. The summed E-state index contributed by atoms with van der Waals surface area (Å²) < 4.78 is 22.1. The van der Waals surface area contributed by atoms with Gasteiger partial charge in [0.25, 0.3) is 5.56 Å². The van der Waals surface area contributed by atoms with Gasteiger partial charge in [-0.15, -0.1) is 0 Å². The molecule has 0 aliphatic heterocycles. The third-order valence-electron chi connectivity index (χ3n) is 5.26. The van der Waals surface area contributed by atoms with Gasteiger partial charge in [0.2, 0.25) is 0 Å². The number of benzene rings is 3. The van der Waals surface area contributed by atoms with Crippen LogP contribution in [-0.2, 0) is 6.54 Å². The summed E-state index contributed by atoms with van der Waals surface area (Å²) in [6, 6.07) is 20.2. The Hall–Kier alpha value is -3.36. The molecule has 0 saturated heterocycles. The van der Waals surface area contributed by atoms with Gasteiger partial charge in [0.05, 0.1) is 12.1 Å². The molecular formula is C25H15BrFNO4S. The van der Waals surface area contributed by atoms with Gasteiger partial charge in [0.15, 0.2) is 11.3 Å². The molecule has 1 N–H and O–H groups in total. The Bertz CT molecular complexity index is 1660. The van der Waals surface area contributed by atoms with E-state index in [-0.39, 0.29) is 22.4 Å². The molecule has 5 aromatic rings. The Kier molecular flexibility index (Phi) is 5.55. The monoisotopic (exact) mass is 523 g/mol. The van der Waals surface area contributed by atoms with Crippen LogP contribution >= 0.6 is 27.7 Å². The Morgan fingerprint density at radius 3 is 2.55 bits per heavy atom. The lowest BCUT2D eigenvalue weighted by molar-refractivity contribution is 0.446. The van der Waals surface area contributed by atoms with Gasteiger partial charge in [-0.3, -0.25) is 4.79 Å². The van der Waals surface area contributed by atoms with Gasteiger partial charge in [0, 0.05) is 20.3 Å². The van der Waals surface area contributed by atoms with E-state index >= 15 is 0 Å². The summed E-state index contributed by atoms with van der Waals surface area (Å²) in [5, 5.41) is 11.4. The summed E-state index contributed by atoms with van der Waals surface area (Å²) in [4.78, 5) is 26.9. The van der Waals surface area contributed by atoms with Crippen molar-refractivity contribution in [3.8, 4) is 5.75 Å². The lowest BCUT2D eigenvalue weighted by Crippen LogP contribution is -2.23. The van der Waals surface area contributed by atoms with E-state index in [9.17, 15) is 19.1 Å². The molecular weight excluding hydrogens is 509 g/mol. The molecule has 33 heavy (non-hydrogen) atoms. The second-order valence-corrected chi connectivity index (χ2v) is 9.33. The first-order chi connectivity index (χ1) is 15.9. The van der Waals surface area contributed by atoms with Crippen molar-refractivity contribution in [3.63, 3.8) is 0 Å². The number of fused-ring (bicyclic) bond motifs is 3. The Morgan fingerprint density at radius 2 is 1.76 bits per heavy atom. The van der Waals surface area contributed by atoms with Crippen molar-refractivity contribution in [1.29, 1.82) is 0 Å². The smallest absolute Gasteiger partial charge is 0.354 e. The van der Waals surface area contributed by atoms with Gasteiger partial charge in [-0.05, 0) is 36.4 Å². The van der Waals surface area contributed by atoms with Crippen LogP contribution in [0.4, 0.5) is 4.39 Å². The van der Waals surface area contributed by atoms with E-state index in [4.69, 9.17) is 4.42 Å². The minimum atomic E-state index is -0.749. The lowest BCUT2D eigenvalue weighted by Gasteiger charge is -2.14. The Labute approximate surface area is 199 Å². The SMILES string of the molecule is O=c1oc2c(c(O)c1Sc1cccc(Br)c1)c(=O)n(Cc1ccccc1F)c1ccccc21. The molecule has 8 heteroatoms. The topological polar surface area (TPSA) is 72.4 Å². The van der Waals surface area contributed by atoms with Crippen LogP contribution in [0.25, 0.3) is 21.9 Å². The molecule has 2 aromatic heterocycles. The van der Waals surface area contributed by atoms with Crippen molar-refractivity contribution >= 4 is 49.6 Å². The van der Waals surface area contributed by atoms with Crippen molar-refractivity contribution in [2.75, 3.05) is 0 Å². The summed E-state index contributed by atoms with van der Waals surface area (Å²) in [6.45, 7) is -0.0470. The highest BCUT2D eigenvalue weighted by Gasteiger charge is 2.22. The van der Waals surface area contributed by atoms with E-state index in [1.54, 1.807) is 60.7 Å². The van der Waals surface area contributed by atoms with E-state index in [1.165, 1.54) is 10.6 Å². The second-order valence-electron chi connectivity index (χ2n) is 7.33. The molecule has 0 unspecified atom stereocenters. The minimum absolute atomic E-state index is 0.00137. The van der Waals surface area contributed by atoms with Crippen molar-refractivity contribution in [2.45, 2.75) is 16.3 Å². The van der Waals surface area contributed by atoms with Gasteiger partial charge in [-0.1, -0.05) is 64.1 Å². The van der Waals surface area contributed by atoms with Crippen LogP contribution in [0.1, 0.15) is 5.56 Å². The maximum atomic E-state index is 14.4. The van der Waals surface area contributed by atoms with Gasteiger partial charge in [-0.25, -0.2) is 9.18 Å². The first-order valence-electron chi connectivity index (χ1n) is 9.92. The summed E-state index contributed by atoms with van der Waals surface area (Å²) in [5.74, 6) is -0.896. The van der Waals surface area contributed by atoms with Crippen LogP contribution in [0.15, 0.2) is 101 Å². The third kappa shape index (κ3) is 3.85. The van der Waals surface area contributed by atoms with Gasteiger partial charge >= 0.3 is 5.63 Å². The van der Waals surface area contributed by atoms with Crippen molar-refractivity contribution in [2.24, 2.45) is 0 Å². The van der Waals surface area contributed by atoms with E-state index < -0.39 is 22.8 Å². The van der Waals surface area contributed by atoms with Crippen molar-refractivity contribution in [1.82, 2.24) is 4.57 Å². The standard InChI is InChI=1S/C25H15BrFNO4S/c26-15-7-5-8-16(12-15)33-23-21(29)20-22(32-25(23)31)17-9-2-4-11-19(17)28(24(20)30)13-14-6-1-3-10-18(14)27/h1-12,29H,13H2. The molecule has 2 heterocycles. The average molecular weight is 524 g/mol. The van der Waals surface area contributed by atoms with Crippen LogP contribution < -0.4 is 11.2 Å². The quantitative estimate of drug-likeness (QED) is 0.296. The average Bonchev–Trinajstić information content (AvgIpc) is 2.80. The molecule has 164 valence electrons. The van der Waals surface area contributed by atoms with Crippen LogP contribution in [0.2, 0.25) is 0 Å². The number of nitrogens with zero attached hydrogens (tertiary/aromatic N) is 1. The number of para-hydroxylation sites is 1. The fraction of sp³-hybridized carbons (Fsp3) is 0.0400. The fourth-order valence-electron chi connectivity index (χ4n) is 3.73. The first-order valence-corrected chi connectivity index (χ1v) is 11.5. The predicted octanol–water partition coefficient (Wildman–Crippen LogP) is 5.91. The summed E-state index contributed by atoms with van der Waals surface area (Å²) >= 11 is 4.38. The molecule has 3 aromatic carbocycles. The van der Waals surface area contributed by atoms with E-state index in [2.05, 4.69) is 15.9 Å². The summed E-state index contributed by atoms with van der Waals surface area (Å²) in [7, 11) is 0. The van der Waals surface area contributed by atoms with Crippen molar-refractivity contribution in [3.05, 3.63) is 109 Å². The van der Waals surface area contributed by atoms with Gasteiger partial charge in [0.1, 0.15) is 16.1 Å². The van der Waals surface area contributed by atoms with Crippen molar-refractivity contribution < 1.29 is 13.9 Å². The van der Waals surface area contributed by atoms with Gasteiger partial charge in [-0.2, -0.15) is 0 Å². The molecule has 0 fully saturated rings. The molecule has 5 rings (SSSR count). The highest BCUT2D eigenvalue weighted by atomic mass is 79.9. The van der Waals surface area contributed by atoms with Gasteiger partial charge < -0.3 is 14.1 Å². The fourth-order valence-corrected chi connectivity index (χ4v) is 5.18. The molecule has 0 amide bonds. The maximum Gasteiger partial charge on any atom is 0.354 e. The number of hydrogen-bond donors (Lipinski definition) is 1. The van der Waals surface area contributed by atoms with Crippen LogP contribution in [-0.4, -0.2) is 9.67 Å².